The third kappa shape index (κ3) is 11.0. The van der Waals surface area contributed by atoms with Gasteiger partial charge in [0.1, 0.15) is 6.61 Å². The van der Waals surface area contributed by atoms with Crippen LogP contribution in [0.25, 0.3) is 0 Å². The van der Waals surface area contributed by atoms with E-state index in [0.717, 1.165) is 12.0 Å². The number of benzene rings is 1. The molecule has 0 aromatic heterocycles. The van der Waals surface area contributed by atoms with Crippen molar-refractivity contribution >= 4 is 5.97 Å². The zero-order valence-electron chi connectivity index (χ0n) is 11.6. The van der Waals surface area contributed by atoms with E-state index in [1.54, 1.807) is 6.92 Å². The maximum absolute atomic E-state index is 11.1. The number of hydrogen-bond donors (Lipinski definition) is 1. The van der Waals surface area contributed by atoms with Crippen molar-refractivity contribution in [3.8, 4) is 0 Å². The minimum Gasteiger partial charge on any atom is -0.458 e. The lowest BCUT2D eigenvalue weighted by Gasteiger charge is -2.01. The molecule has 0 amide bonds. The van der Waals surface area contributed by atoms with Gasteiger partial charge in [-0.25, -0.2) is 4.79 Å². The Hall–Kier alpha value is -1.87. The normalized spacial score (nSPS) is 11.3. The highest BCUT2D eigenvalue weighted by atomic mass is 16.5. The number of ether oxygens (including phenoxy) is 1. The average molecular weight is 262 g/mol. The number of carbonyl (C=O) groups is 1. The zero-order chi connectivity index (χ0) is 14.5. The first kappa shape index (κ1) is 17.1. The lowest BCUT2D eigenvalue weighted by Crippen LogP contribution is -2.02. The van der Waals surface area contributed by atoms with Crippen molar-refractivity contribution in [3.05, 3.63) is 60.7 Å². The number of carbonyl (C=O) groups excluding carboxylic acids is 1. The molecule has 1 aromatic carbocycles. The van der Waals surface area contributed by atoms with Gasteiger partial charge in [0.15, 0.2) is 0 Å². The first-order valence-electron chi connectivity index (χ1n) is 6.28. The van der Waals surface area contributed by atoms with Crippen molar-refractivity contribution in [1.29, 1.82) is 0 Å². The molecule has 0 spiro atoms. The largest absolute Gasteiger partial charge is 0.458 e. The lowest BCUT2D eigenvalue weighted by molar-refractivity contribution is -0.139. The van der Waals surface area contributed by atoms with Gasteiger partial charge in [0.05, 0.1) is 6.10 Å². The van der Waals surface area contributed by atoms with Crippen LogP contribution in [0.4, 0.5) is 0 Å². The van der Waals surface area contributed by atoms with Crippen LogP contribution in [-0.4, -0.2) is 17.2 Å². The van der Waals surface area contributed by atoms with E-state index >= 15 is 0 Å². The molecule has 0 aliphatic heterocycles. The minimum atomic E-state index is -0.630. The van der Waals surface area contributed by atoms with Crippen molar-refractivity contribution in [2.24, 2.45) is 0 Å². The molecule has 1 atom stereocenters. The Labute approximate surface area is 115 Å². The van der Waals surface area contributed by atoms with Gasteiger partial charge in [-0.2, -0.15) is 0 Å². The quantitative estimate of drug-likeness (QED) is 0.503. The second kappa shape index (κ2) is 11.2. The van der Waals surface area contributed by atoms with Gasteiger partial charge in [-0.3, -0.25) is 0 Å². The van der Waals surface area contributed by atoms with Crippen LogP contribution in [0, 0.1) is 0 Å². The molecule has 0 fully saturated rings. The summed E-state index contributed by atoms with van der Waals surface area (Å²) in [7, 11) is 0. The molecule has 3 heteroatoms. The highest BCUT2D eigenvalue weighted by molar-refractivity contribution is 5.81. The molecule has 0 bridgehead atoms. The summed E-state index contributed by atoms with van der Waals surface area (Å²) >= 11 is 0. The monoisotopic (exact) mass is 262 g/mol. The molecule has 104 valence electrons. The van der Waals surface area contributed by atoms with E-state index in [0.29, 0.717) is 0 Å². The van der Waals surface area contributed by atoms with Crippen molar-refractivity contribution < 1.29 is 14.6 Å². The molecule has 1 N–H and O–H groups in total. The van der Waals surface area contributed by atoms with Gasteiger partial charge in [0.2, 0.25) is 0 Å². The molecular formula is C16H22O3. The summed E-state index contributed by atoms with van der Waals surface area (Å²) in [5.74, 6) is -0.445. The Kier molecular flexibility index (Phi) is 10.1. The maximum Gasteiger partial charge on any atom is 0.330 e. The van der Waals surface area contributed by atoms with Crippen LogP contribution in [0.2, 0.25) is 0 Å². The molecule has 0 saturated carbocycles. The van der Waals surface area contributed by atoms with Crippen LogP contribution >= 0.6 is 0 Å². The fraction of sp³-hybridized carbons (Fsp3) is 0.312. The van der Waals surface area contributed by atoms with Gasteiger partial charge in [-0.15, -0.1) is 6.58 Å². The van der Waals surface area contributed by atoms with Crippen LogP contribution in [0.15, 0.2) is 55.1 Å². The summed E-state index contributed by atoms with van der Waals surface area (Å²) in [6.45, 7) is 7.37. The van der Waals surface area contributed by atoms with Crippen LogP contribution < -0.4 is 0 Å². The first-order valence-corrected chi connectivity index (χ1v) is 6.28. The van der Waals surface area contributed by atoms with Crippen LogP contribution in [-0.2, 0) is 16.1 Å². The number of hydrogen-bond acceptors (Lipinski definition) is 3. The molecule has 0 saturated heterocycles. The van der Waals surface area contributed by atoms with E-state index in [4.69, 9.17) is 9.84 Å². The Morgan fingerprint density at radius 3 is 2.47 bits per heavy atom. The first-order chi connectivity index (χ1) is 9.10. The van der Waals surface area contributed by atoms with Crippen molar-refractivity contribution in [1.82, 2.24) is 0 Å². The Bertz CT molecular complexity index is 380. The topological polar surface area (TPSA) is 46.5 Å². The summed E-state index contributed by atoms with van der Waals surface area (Å²) in [5, 5.41) is 8.89. The SMILES string of the molecule is C=CCC.CC(O)/C=C\C(=O)OCc1ccccc1. The van der Waals surface area contributed by atoms with Crippen LogP contribution in [0.3, 0.4) is 0 Å². The molecule has 0 aliphatic carbocycles. The van der Waals surface area contributed by atoms with Gasteiger partial charge in [-0.1, -0.05) is 43.3 Å². The fourth-order valence-electron chi connectivity index (χ4n) is 0.995. The average Bonchev–Trinajstić information content (AvgIpc) is 2.44. The molecule has 0 aliphatic rings. The molecule has 1 unspecified atom stereocenters. The van der Waals surface area contributed by atoms with E-state index in [1.807, 2.05) is 36.4 Å². The zero-order valence-corrected chi connectivity index (χ0v) is 11.6. The predicted molar refractivity (Wildman–Crippen MR) is 77.5 cm³/mol. The van der Waals surface area contributed by atoms with E-state index in [2.05, 4.69) is 13.5 Å². The molecular weight excluding hydrogens is 240 g/mol. The Morgan fingerprint density at radius 1 is 1.42 bits per heavy atom. The summed E-state index contributed by atoms with van der Waals surface area (Å²) in [5.41, 5.74) is 0.941. The number of allylic oxidation sites excluding steroid dienone is 1. The molecule has 3 nitrogen and oxygen atoms in total. The van der Waals surface area contributed by atoms with Gasteiger partial charge in [-0.05, 0) is 25.0 Å². The summed E-state index contributed by atoms with van der Waals surface area (Å²) in [6.07, 6.45) is 4.94. The Balaban J connectivity index is 0.000000711. The number of esters is 1. The summed E-state index contributed by atoms with van der Waals surface area (Å²) < 4.78 is 4.94. The minimum absolute atomic E-state index is 0.254. The second-order valence-electron chi connectivity index (χ2n) is 3.89. The fourth-order valence-corrected chi connectivity index (χ4v) is 0.995. The van der Waals surface area contributed by atoms with Crippen LogP contribution in [0.5, 0.6) is 0 Å². The van der Waals surface area contributed by atoms with Crippen molar-refractivity contribution in [2.75, 3.05) is 0 Å². The second-order valence-corrected chi connectivity index (χ2v) is 3.89. The highest BCUT2D eigenvalue weighted by Crippen LogP contribution is 2.00. The van der Waals surface area contributed by atoms with Gasteiger partial charge in [0.25, 0.3) is 0 Å². The number of aliphatic hydroxyl groups excluding tert-OH is 1. The lowest BCUT2D eigenvalue weighted by atomic mass is 10.2. The van der Waals surface area contributed by atoms with E-state index in [1.165, 1.54) is 12.2 Å². The standard InChI is InChI=1S/C12H14O3.C4H8/c1-10(13)7-8-12(14)15-9-11-5-3-2-4-6-11;1-3-4-2/h2-8,10,13H,9H2,1H3;3H,1,4H2,2H3/b8-7-;. The maximum atomic E-state index is 11.1. The van der Waals surface area contributed by atoms with E-state index in [9.17, 15) is 4.79 Å². The highest BCUT2D eigenvalue weighted by Gasteiger charge is 1.98. The molecule has 0 radical (unpaired) electrons. The van der Waals surface area contributed by atoms with Gasteiger partial charge >= 0.3 is 5.97 Å². The molecule has 1 rings (SSSR count). The van der Waals surface area contributed by atoms with E-state index in [-0.39, 0.29) is 6.61 Å². The smallest absolute Gasteiger partial charge is 0.330 e. The van der Waals surface area contributed by atoms with Gasteiger partial charge < -0.3 is 9.84 Å². The van der Waals surface area contributed by atoms with E-state index < -0.39 is 12.1 Å². The molecule has 19 heavy (non-hydrogen) atoms. The number of aliphatic hydroxyl groups is 1. The van der Waals surface area contributed by atoms with Crippen LogP contribution in [0.1, 0.15) is 25.8 Å². The predicted octanol–water partition coefficient (Wildman–Crippen LogP) is 3.25. The van der Waals surface area contributed by atoms with Crippen molar-refractivity contribution in [2.45, 2.75) is 33.0 Å². The molecule has 1 aromatic rings. The third-order valence-corrected chi connectivity index (χ3v) is 2.02. The molecule has 0 heterocycles. The van der Waals surface area contributed by atoms with Crippen molar-refractivity contribution in [3.63, 3.8) is 0 Å². The number of rotatable bonds is 5. The Morgan fingerprint density at radius 2 is 2.00 bits per heavy atom. The summed E-state index contributed by atoms with van der Waals surface area (Å²) in [6, 6.07) is 9.43. The van der Waals surface area contributed by atoms with Gasteiger partial charge in [0, 0.05) is 6.08 Å². The third-order valence-electron chi connectivity index (χ3n) is 2.02. The summed E-state index contributed by atoms with van der Waals surface area (Å²) in [4.78, 5) is 11.1.